The molecule has 8 nitrogen and oxygen atoms in total. The number of aromatic carboxylic acids is 1. The maximum Gasteiger partial charge on any atom is 0.573 e. The maximum atomic E-state index is 13.1. The predicted octanol–water partition coefficient (Wildman–Crippen LogP) is 7.14. The van der Waals surface area contributed by atoms with Crippen LogP contribution in [0.15, 0.2) is 47.0 Å². The molecule has 4 heterocycles. The van der Waals surface area contributed by atoms with E-state index in [1.807, 2.05) is 0 Å². The fourth-order valence-corrected chi connectivity index (χ4v) is 7.30. The zero-order valence-electron chi connectivity index (χ0n) is 21.8. The van der Waals surface area contributed by atoms with E-state index in [0.717, 1.165) is 53.9 Å². The summed E-state index contributed by atoms with van der Waals surface area (Å²) in [6.07, 6.45) is 0.629. The van der Waals surface area contributed by atoms with Crippen molar-refractivity contribution < 1.29 is 37.1 Å². The van der Waals surface area contributed by atoms with Crippen molar-refractivity contribution in [1.29, 1.82) is 0 Å². The van der Waals surface area contributed by atoms with E-state index in [0.29, 0.717) is 17.0 Å². The number of benzene rings is 2. The number of anilines is 1. The van der Waals surface area contributed by atoms with Crippen LogP contribution in [0.1, 0.15) is 66.1 Å². The molecule has 1 saturated carbocycles. The molecule has 1 N–H and O–H groups in total. The molecule has 3 aliphatic rings. The average molecular weight is 586 g/mol. The van der Waals surface area contributed by atoms with Crippen LogP contribution in [0.5, 0.6) is 5.75 Å². The van der Waals surface area contributed by atoms with Gasteiger partial charge < -0.3 is 24.0 Å². The second-order valence-electron chi connectivity index (χ2n) is 10.9. The quantitative estimate of drug-likeness (QED) is 0.233. The fraction of sp³-hybridized carbons (Fsp3) is 0.414. The number of carbonyl (C=O) groups is 1. The SMILES string of the molecule is O=C(O)c1ccc2nc(N3C4CC[C@H]3CC(OCc3c(-c5ccccc5OC(F)(F)F)noc3C3CC3)C4)sc2c1. The van der Waals surface area contributed by atoms with Crippen LogP contribution >= 0.6 is 11.3 Å². The van der Waals surface area contributed by atoms with Gasteiger partial charge in [0.2, 0.25) is 0 Å². The Hall–Kier alpha value is -3.64. The number of aromatic nitrogens is 2. The Morgan fingerprint density at radius 1 is 1.10 bits per heavy atom. The molecule has 2 aromatic carbocycles. The van der Waals surface area contributed by atoms with E-state index >= 15 is 0 Å². The Balaban J connectivity index is 1.09. The van der Waals surface area contributed by atoms with Crippen molar-refractivity contribution in [1.82, 2.24) is 10.1 Å². The van der Waals surface area contributed by atoms with Gasteiger partial charge in [-0.25, -0.2) is 9.78 Å². The van der Waals surface area contributed by atoms with E-state index < -0.39 is 12.3 Å². The molecular formula is C29H26F3N3O5S. The van der Waals surface area contributed by atoms with Crippen molar-refractivity contribution in [2.75, 3.05) is 4.90 Å². The number of carboxylic acids is 1. The highest BCUT2D eigenvalue weighted by molar-refractivity contribution is 7.22. The maximum absolute atomic E-state index is 13.1. The van der Waals surface area contributed by atoms with Crippen molar-refractivity contribution in [2.24, 2.45) is 0 Å². The lowest BCUT2D eigenvalue weighted by atomic mass is 10.00. The summed E-state index contributed by atoms with van der Waals surface area (Å²) < 4.78 is 56.5. The number of rotatable bonds is 8. The van der Waals surface area contributed by atoms with Gasteiger partial charge in [-0.3, -0.25) is 0 Å². The first kappa shape index (κ1) is 26.3. The number of piperidine rings is 1. The molecule has 3 fully saturated rings. The van der Waals surface area contributed by atoms with Crippen molar-refractivity contribution in [3.63, 3.8) is 0 Å². The molecule has 0 amide bonds. The highest BCUT2D eigenvalue weighted by Gasteiger charge is 2.43. The van der Waals surface area contributed by atoms with Crippen molar-refractivity contribution in [3.8, 4) is 17.0 Å². The van der Waals surface area contributed by atoms with E-state index in [4.69, 9.17) is 14.2 Å². The minimum absolute atomic E-state index is 0.0341. The number of carboxylic acid groups (broad SMARTS) is 1. The zero-order valence-corrected chi connectivity index (χ0v) is 22.6. The van der Waals surface area contributed by atoms with Gasteiger partial charge in [0.25, 0.3) is 0 Å². The molecule has 214 valence electrons. The standard InChI is InChI=1S/C29H26F3N3O5S/c30-29(31,32)39-23-4-2-1-3-20(23)25-21(26(40-34-25)15-5-6-15)14-38-19-12-17-8-9-18(13-19)35(17)28-33-22-10-7-16(27(36)37)11-24(22)41-28/h1-4,7,10-11,15,17-19H,5-6,8-9,12-14H2,(H,36,37)/t17-,18?,19?/m0/s1. The number of alkyl halides is 3. The van der Waals surface area contributed by atoms with Crippen LogP contribution in [0.4, 0.5) is 18.3 Å². The number of ether oxygens (including phenoxy) is 2. The molecule has 2 saturated heterocycles. The van der Waals surface area contributed by atoms with Crippen LogP contribution in [0.3, 0.4) is 0 Å². The van der Waals surface area contributed by atoms with Gasteiger partial charge in [-0.1, -0.05) is 28.6 Å². The second-order valence-corrected chi connectivity index (χ2v) is 11.9. The van der Waals surface area contributed by atoms with E-state index in [1.165, 1.54) is 23.5 Å². The Labute approximate surface area is 236 Å². The lowest BCUT2D eigenvalue weighted by Gasteiger charge is -2.38. The molecule has 2 aromatic heterocycles. The first-order chi connectivity index (χ1) is 19.7. The zero-order chi connectivity index (χ0) is 28.3. The summed E-state index contributed by atoms with van der Waals surface area (Å²) in [5.74, 6) is -0.409. The second kappa shape index (κ2) is 10.0. The summed E-state index contributed by atoms with van der Waals surface area (Å²) in [6.45, 7) is 0.189. The Bertz CT molecular complexity index is 1600. The van der Waals surface area contributed by atoms with E-state index in [1.54, 1.807) is 30.3 Å². The lowest BCUT2D eigenvalue weighted by molar-refractivity contribution is -0.274. The monoisotopic (exact) mass is 585 g/mol. The Morgan fingerprint density at radius 2 is 1.85 bits per heavy atom. The number of thiazole rings is 1. The molecule has 4 aromatic rings. The van der Waals surface area contributed by atoms with Crippen LogP contribution in [0.25, 0.3) is 21.5 Å². The largest absolute Gasteiger partial charge is 0.573 e. The number of fused-ring (bicyclic) bond motifs is 3. The summed E-state index contributed by atoms with van der Waals surface area (Å²) in [5, 5.41) is 14.4. The molecular weight excluding hydrogens is 559 g/mol. The van der Waals surface area contributed by atoms with E-state index in [2.05, 4.69) is 14.8 Å². The summed E-state index contributed by atoms with van der Waals surface area (Å²) in [4.78, 5) is 18.5. The van der Waals surface area contributed by atoms with E-state index in [9.17, 15) is 23.1 Å². The molecule has 2 aliphatic heterocycles. The predicted molar refractivity (Wildman–Crippen MR) is 144 cm³/mol. The summed E-state index contributed by atoms with van der Waals surface area (Å²) in [5.41, 5.74) is 2.25. The highest BCUT2D eigenvalue weighted by Crippen LogP contribution is 2.47. The van der Waals surface area contributed by atoms with Crippen LogP contribution < -0.4 is 9.64 Å². The third kappa shape index (κ3) is 5.14. The first-order valence-corrected chi connectivity index (χ1v) is 14.4. The minimum Gasteiger partial charge on any atom is -0.478 e. The van der Waals surface area contributed by atoms with Crippen molar-refractivity contribution in [2.45, 2.75) is 75.6 Å². The average Bonchev–Trinajstić information content (AvgIpc) is 3.45. The smallest absolute Gasteiger partial charge is 0.478 e. The molecule has 7 rings (SSSR count). The van der Waals surface area contributed by atoms with Crippen LogP contribution in [-0.4, -0.2) is 45.8 Å². The van der Waals surface area contributed by atoms with Gasteiger partial charge in [-0.15, -0.1) is 13.2 Å². The van der Waals surface area contributed by atoms with Crippen molar-refractivity contribution in [3.05, 3.63) is 59.4 Å². The molecule has 3 atom stereocenters. The van der Waals surface area contributed by atoms with Crippen molar-refractivity contribution >= 4 is 32.7 Å². The molecule has 12 heteroatoms. The van der Waals surface area contributed by atoms with Crippen LogP contribution in [0.2, 0.25) is 0 Å². The summed E-state index contributed by atoms with van der Waals surface area (Å²) in [7, 11) is 0. The molecule has 41 heavy (non-hydrogen) atoms. The topological polar surface area (TPSA) is 97.9 Å². The minimum atomic E-state index is -4.83. The number of hydrogen-bond acceptors (Lipinski definition) is 8. The molecule has 2 unspecified atom stereocenters. The third-order valence-electron chi connectivity index (χ3n) is 8.13. The molecule has 0 radical (unpaired) electrons. The highest BCUT2D eigenvalue weighted by atomic mass is 32.1. The van der Waals surface area contributed by atoms with Crippen LogP contribution in [-0.2, 0) is 11.3 Å². The van der Waals surface area contributed by atoms with Gasteiger partial charge in [0.1, 0.15) is 17.2 Å². The Kier molecular flexibility index (Phi) is 6.42. The van der Waals surface area contributed by atoms with Gasteiger partial charge in [0.15, 0.2) is 5.13 Å². The lowest BCUT2D eigenvalue weighted by Crippen LogP contribution is -2.45. The van der Waals surface area contributed by atoms with E-state index in [-0.39, 0.29) is 47.6 Å². The fourth-order valence-electron chi connectivity index (χ4n) is 6.15. The first-order valence-electron chi connectivity index (χ1n) is 13.6. The Morgan fingerprint density at radius 3 is 2.56 bits per heavy atom. The number of hydrogen-bond donors (Lipinski definition) is 1. The number of para-hydroxylation sites is 1. The van der Waals surface area contributed by atoms with Gasteiger partial charge >= 0.3 is 12.3 Å². The summed E-state index contributed by atoms with van der Waals surface area (Å²) in [6, 6.07) is 11.4. The molecule has 1 aliphatic carbocycles. The number of halogens is 3. The third-order valence-corrected chi connectivity index (χ3v) is 9.16. The number of nitrogens with zero attached hydrogens (tertiary/aromatic N) is 3. The van der Waals surface area contributed by atoms with Gasteiger partial charge in [0, 0.05) is 29.1 Å². The van der Waals surface area contributed by atoms with Crippen LogP contribution in [0, 0.1) is 0 Å². The van der Waals surface area contributed by atoms with Gasteiger partial charge in [-0.2, -0.15) is 0 Å². The molecule has 2 bridgehead atoms. The van der Waals surface area contributed by atoms with Gasteiger partial charge in [-0.05, 0) is 68.9 Å². The molecule has 0 spiro atoms. The normalized spacial score (nSPS) is 22.4. The summed E-state index contributed by atoms with van der Waals surface area (Å²) >= 11 is 1.51. The van der Waals surface area contributed by atoms with Gasteiger partial charge in [0.05, 0.1) is 28.5 Å².